The molecule has 0 saturated carbocycles. The summed E-state index contributed by atoms with van der Waals surface area (Å²) in [6, 6.07) is 8.28. The van der Waals surface area contributed by atoms with E-state index in [-0.39, 0.29) is 18.2 Å². The maximum absolute atomic E-state index is 13.4. The number of alkyl halides is 3. The molecule has 158 valence electrons. The number of anilines is 2. The molecule has 0 aromatic heterocycles. The van der Waals surface area contributed by atoms with Crippen LogP contribution in [0.5, 0.6) is 0 Å². The van der Waals surface area contributed by atoms with Gasteiger partial charge >= 0.3 is 6.18 Å². The number of hydrogen-bond donors (Lipinski definition) is 3. The topological polar surface area (TPSA) is 85.2 Å². The number of halogens is 4. The van der Waals surface area contributed by atoms with E-state index in [2.05, 4.69) is 10.6 Å². The minimum atomic E-state index is -4.76. The van der Waals surface area contributed by atoms with Gasteiger partial charge in [0.1, 0.15) is 11.4 Å². The van der Waals surface area contributed by atoms with E-state index in [4.69, 9.17) is 5.26 Å². The number of fused-ring (bicyclic) bond motifs is 1. The number of aryl methyl sites for hydroxylation is 1. The number of benzene rings is 2. The molecule has 1 unspecified atom stereocenters. The van der Waals surface area contributed by atoms with Crippen LogP contribution in [0.3, 0.4) is 0 Å². The molecule has 3 N–H and O–H groups in total. The molecule has 0 bridgehead atoms. The summed E-state index contributed by atoms with van der Waals surface area (Å²) >= 11 is 0. The van der Waals surface area contributed by atoms with Crippen LogP contribution >= 0.6 is 0 Å². The Bertz CT molecular complexity index is 1010. The molecule has 2 atom stereocenters. The van der Waals surface area contributed by atoms with Gasteiger partial charge in [-0.1, -0.05) is 6.07 Å². The van der Waals surface area contributed by atoms with Crippen LogP contribution in [0.25, 0.3) is 0 Å². The molecule has 2 aromatic carbocycles. The number of carbonyl (C=O) groups excluding carboxylic acids is 1. The van der Waals surface area contributed by atoms with Crippen molar-refractivity contribution in [2.45, 2.75) is 44.0 Å². The SMILES string of the molecule is C[C@](O)(CC1CCc2ccc(F)cc2N1)C(=O)Nc1ccc(C#N)c(C(F)(F)F)c1. The maximum atomic E-state index is 13.4. The van der Waals surface area contributed by atoms with E-state index in [0.29, 0.717) is 24.6 Å². The summed E-state index contributed by atoms with van der Waals surface area (Å²) in [5, 5.41) is 24.8. The van der Waals surface area contributed by atoms with Crippen LogP contribution in [0, 0.1) is 17.1 Å². The Hall–Kier alpha value is -3.12. The summed E-state index contributed by atoms with van der Waals surface area (Å²) in [5.41, 5.74) is -2.30. The van der Waals surface area contributed by atoms with Crippen molar-refractivity contribution in [3.63, 3.8) is 0 Å². The van der Waals surface area contributed by atoms with E-state index >= 15 is 0 Å². The van der Waals surface area contributed by atoms with Gasteiger partial charge in [-0.3, -0.25) is 4.79 Å². The van der Waals surface area contributed by atoms with Gasteiger partial charge in [0.15, 0.2) is 0 Å². The highest BCUT2D eigenvalue weighted by Gasteiger charge is 2.36. The number of hydrogen-bond acceptors (Lipinski definition) is 4. The molecule has 0 radical (unpaired) electrons. The molecule has 30 heavy (non-hydrogen) atoms. The fourth-order valence-corrected chi connectivity index (χ4v) is 3.47. The normalized spacial score (nSPS) is 17.8. The Kier molecular flexibility index (Phi) is 5.72. The minimum absolute atomic E-state index is 0.0306. The highest BCUT2D eigenvalue weighted by molar-refractivity contribution is 5.97. The Morgan fingerprint density at radius 3 is 2.70 bits per heavy atom. The van der Waals surface area contributed by atoms with Gasteiger partial charge in [-0.25, -0.2) is 4.39 Å². The van der Waals surface area contributed by atoms with Gasteiger partial charge in [0.2, 0.25) is 0 Å². The first-order chi connectivity index (χ1) is 14.0. The molecular weight excluding hydrogens is 402 g/mol. The van der Waals surface area contributed by atoms with Crippen molar-refractivity contribution in [1.82, 2.24) is 0 Å². The summed E-state index contributed by atoms with van der Waals surface area (Å²) < 4.78 is 52.7. The number of aliphatic hydroxyl groups is 1. The molecule has 0 spiro atoms. The Labute approximate surface area is 170 Å². The molecule has 1 aliphatic rings. The highest BCUT2D eigenvalue weighted by atomic mass is 19.4. The van der Waals surface area contributed by atoms with Gasteiger partial charge in [0, 0.05) is 23.8 Å². The smallest absolute Gasteiger partial charge is 0.382 e. The van der Waals surface area contributed by atoms with Gasteiger partial charge in [-0.15, -0.1) is 0 Å². The van der Waals surface area contributed by atoms with Crippen LogP contribution in [0.1, 0.15) is 36.5 Å². The fourth-order valence-electron chi connectivity index (χ4n) is 3.47. The zero-order valence-electron chi connectivity index (χ0n) is 16.0. The summed E-state index contributed by atoms with van der Waals surface area (Å²) in [6.07, 6.45) is -3.56. The van der Waals surface area contributed by atoms with E-state index in [9.17, 15) is 27.5 Å². The molecule has 3 rings (SSSR count). The van der Waals surface area contributed by atoms with Crippen molar-refractivity contribution in [3.8, 4) is 6.07 Å². The van der Waals surface area contributed by atoms with E-state index in [0.717, 1.165) is 11.6 Å². The average Bonchev–Trinajstić information content (AvgIpc) is 2.66. The fraction of sp³-hybridized carbons (Fsp3) is 0.333. The Balaban J connectivity index is 1.71. The molecule has 1 aliphatic heterocycles. The number of nitrogens with zero attached hydrogens (tertiary/aromatic N) is 1. The lowest BCUT2D eigenvalue weighted by molar-refractivity contribution is -0.138. The zero-order chi connectivity index (χ0) is 22.1. The largest absolute Gasteiger partial charge is 0.417 e. The second-order valence-electron chi connectivity index (χ2n) is 7.48. The molecule has 1 amide bonds. The summed E-state index contributed by atoms with van der Waals surface area (Å²) in [5.74, 6) is -1.29. The van der Waals surface area contributed by atoms with Crippen molar-refractivity contribution in [2.24, 2.45) is 0 Å². The van der Waals surface area contributed by atoms with Crippen LogP contribution in [-0.2, 0) is 17.4 Å². The third-order valence-electron chi connectivity index (χ3n) is 5.03. The first kappa shape index (κ1) is 21.6. The van der Waals surface area contributed by atoms with Gasteiger partial charge in [0.05, 0.1) is 17.2 Å². The molecule has 5 nitrogen and oxygen atoms in total. The zero-order valence-corrected chi connectivity index (χ0v) is 16.0. The molecular formula is C21H19F4N3O2. The standard InChI is InChI=1S/C21H19F4N3O2/c1-20(30,10-16-7-3-12-2-5-14(22)8-18(12)27-16)19(29)28-15-6-4-13(11-26)17(9-15)21(23,24)25/h2,4-6,8-9,16,27,30H,3,7,10H2,1H3,(H,28,29)/t16?,20-/m0/s1. The van der Waals surface area contributed by atoms with Crippen molar-refractivity contribution in [3.05, 3.63) is 58.9 Å². The first-order valence-electron chi connectivity index (χ1n) is 9.20. The predicted octanol–water partition coefficient (Wildman–Crippen LogP) is 4.22. The maximum Gasteiger partial charge on any atom is 0.417 e. The van der Waals surface area contributed by atoms with Gasteiger partial charge < -0.3 is 15.7 Å². The Morgan fingerprint density at radius 2 is 2.03 bits per heavy atom. The van der Waals surface area contributed by atoms with Crippen LogP contribution in [0.4, 0.5) is 28.9 Å². The average molecular weight is 421 g/mol. The van der Waals surface area contributed by atoms with Crippen molar-refractivity contribution >= 4 is 17.3 Å². The van der Waals surface area contributed by atoms with Gasteiger partial charge in [0.25, 0.3) is 5.91 Å². The van der Waals surface area contributed by atoms with E-state index in [1.54, 1.807) is 6.07 Å². The first-order valence-corrected chi connectivity index (χ1v) is 9.20. The molecule has 2 aromatic rings. The lowest BCUT2D eigenvalue weighted by Gasteiger charge is -2.32. The van der Waals surface area contributed by atoms with Gasteiger partial charge in [-0.05, 0) is 55.7 Å². The third kappa shape index (κ3) is 4.71. The van der Waals surface area contributed by atoms with Crippen molar-refractivity contribution in [2.75, 3.05) is 10.6 Å². The van der Waals surface area contributed by atoms with Crippen molar-refractivity contribution < 1.29 is 27.5 Å². The number of rotatable bonds is 4. The molecule has 0 fully saturated rings. The minimum Gasteiger partial charge on any atom is -0.382 e. The number of nitriles is 1. The highest BCUT2D eigenvalue weighted by Crippen LogP contribution is 2.34. The monoisotopic (exact) mass is 421 g/mol. The molecule has 1 heterocycles. The van der Waals surface area contributed by atoms with E-state index in [1.807, 2.05) is 0 Å². The van der Waals surface area contributed by atoms with Crippen LogP contribution < -0.4 is 10.6 Å². The number of carbonyl (C=O) groups is 1. The quantitative estimate of drug-likeness (QED) is 0.646. The molecule has 0 aliphatic carbocycles. The second kappa shape index (κ2) is 7.95. The molecule has 9 heteroatoms. The number of amides is 1. The third-order valence-corrected chi connectivity index (χ3v) is 5.03. The lowest BCUT2D eigenvalue weighted by atomic mass is 9.89. The number of nitrogens with one attached hydrogen (secondary N) is 2. The Morgan fingerprint density at radius 1 is 1.30 bits per heavy atom. The van der Waals surface area contributed by atoms with E-state index in [1.165, 1.54) is 31.2 Å². The molecule has 0 saturated heterocycles. The van der Waals surface area contributed by atoms with Crippen LogP contribution in [-0.4, -0.2) is 22.7 Å². The van der Waals surface area contributed by atoms with Crippen molar-refractivity contribution in [1.29, 1.82) is 5.26 Å². The lowest BCUT2D eigenvalue weighted by Crippen LogP contribution is -2.45. The van der Waals surface area contributed by atoms with E-state index < -0.39 is 34.6 Å². The predicted molar refractivity (Wildman–Crippen MR) is 102 cm³/mol. The summed E-state index contributed by atoms with van der Waals surface area (Å²) in [7, 11) is 0. The summed E-state index contributed by atoms with van der Waals surface area (Å²) in [4.78, 5) is 12.5. The van der Waals surface area contributed by atoms with Gasteiger partial charge in [-0.2, -0.15) is 18.4 Å². The summed E-state index contributed by atoms with van der Waals surface area (Å²) in [6.45, 7) is 1.26. The van der Waals surface area contributed by atoms with Crippen LogP contribution in [0.2, 0.25) is 0 Å². The van der Waals surface area contributed by atoms with Crippen LogP contribution in [0.15, 0.2) is 36.4 Å². The second-order valence-corrected chi connectivity index (χ2v) is 7.48.